The van der Waals surface area contributed by atoms with E-state index >= 15 is 0 Å². The molecule has 3 heterocycles. The smallest absolute Gasteiger partial charge is 0.255 e. The van der Waals surface area contributed by atoms with E-state index in [4.69, 9.17) is 5.73 Å². The van der Waals surface area contributed by atoms with Crippen molar-refractivity contribution in [2.24, 2.45) is 5.73 Å². The molecule has 2 amide bonds. The number of nitrogens with zero attached hydrogens (tertiary/aromatic N) is 4. The summed E-state index contributed by atoms with van der Waals surface area (Å²) in [6.45, 7) is 6.50. The van der Waals surface area contributed by atoms with E-state index in [1.807, 2.05) is 25.1 Å². The average Bonchev–Trinajstić information content (AvgIpc) is 3.46. The summed E-state index contributed by atoms with van der Waals surface area (Å²) < 4.78 is 1.71. The first-order valence-electron chi connectivity index (χ1n) is 9.91. The van der Waals surface area contributed by atoms with E-state index in [1.165, 1.54) is 6.08 Å². The minimum atomic E-state index is -0.614. The number of carbonyl (C=O) groups excluding carboxylic acids is 2. The van der Waals surface area contributed by atoms with Crippen molar-refractivity contribution < 1.29 is 9.59 Å². The summed E-state index contributed by atoms with van der Waals surface area (Å²) in [6, 6.07) is 5.56. The van der Waals surface area contributed by atoms with Gasteiger partial charge in [-0.3, -0.25) is 9.59 Å². The highest BCUT2D eigenvalue weighted by molar-refractivity contribution is 6.00. The van der Waals surface area contributed by atoms with E-state index in [1.54, 1.807) is 16.6 Å². The topological polar surface area (TPSA) is 122 Å². The monoisotopic (exact) mass is 417 g/mol. The molecule has 0 aliphatic carbocycles. The molecule has 1 atom stereocenters. The number of fused-ring (bicyclic) bond motifs is 1. The van der Waals surface area contributed by atoms with Crippen LogP contribution in [0.5, 0.6) is 0 Å². The Kier molecular flexibility index (Phi) is 5.21. The van der Waals surface area contributed by atoms with Crippen LogP contribution in [0.15, 0.2) is 30.9 Å². The number of hydrogen-bond acceptors (Lipinski definition) is 5. The summed E-state index contributed by atoms with van der Waals surface area (Å²) in [7, 11) is 1.70. The number of anilines is 1. The van der Waals surface area contributed by atoms with Gasteiger partial charge in [0.2, 0.25) is 5.91 Å². The lowest BCUT2D eigenvalue weighted by molar-refractivity contribution is -0.125. The number of aromatic amines is 1. The van der Waals surface area contributed by atoms with Gasteiger partial charge in [0.1, 0.15) is 17.2 Å². The minimum Gasteiger partial charge on any atom is -0.373 e. The number of hydrogen-bond donors (Lipinski definition) is 3. The van der Waals surface area contributed by atoms with E-state index in [2.05, 4.69) is 38.8 Å². The van der Waals surface area contributed by atoms with Crippen molar-refractivity contribution in [2.45, 2.75) is 19.4 Å². The van der Waals surface area contributed by atoms with E-state index < -0.39 is 5.91 Å². The molecule has 1 aliphatic rings. The Balaban J connectivity index is 1.71. The lowest BCUT2D eigenvalue weighted by Crippen LogP contribution is -2.27. The number of carbonyl (C=O) groups is 2. The zero-order valence-corrected chi connectivity index (χ0v) is 17.4. The van der Waals surface area contributed by atoms with Gasteiger partial charge in [-0.05, 0) is 43.5 Å². The second-order valence-corrected chi connectivity index (χ2v) is 7.37. The van der Waals surface area contributed by atoms with Crippen LogP contribution in [0.1, 0.15) is 39.9 Å². The Hall–Kier alpha value is -4.06. The molecule has 0 radical (unpaired) electrons. The standard InChI is InChI=1S/C22H23N7O2/c1-4-19(30)28-10-9-15(12-28)29-22(24-3)20(21(23)31)17(27-29)8-6-14-5-7-16-18(11-14)26-13(2)25-16/h4-5,7,11,15,24H,1,9-10,12H2,2-3H3,(H2,23,31)(H,25,26). The first-order valence-corrected chi connectivity index (χ1v) is 9.91. The number of amides is 2. The van der Waals surface area contributed by atoms with Crippen LogP contribution in [0.25, 0.3) is 11.0 Å². The maximum absolute atomic E-state index is 12.2. The number of likely N-dealkylation sites (tertiary alicyclic amines) is 1. The van der Waals surface area contributed by atoms with E-state index in [0.29, 0.717) is 31.0 Å². The molecule has 4 N–H and O–H groups in total. The fourth-order valence-corrected chi connectivity index (χ4v) is 3.88. The Morgan fingerprint density at radius 2 is 2.19 bits per heavy atom. The average molecular weight is 417 g/mol. The van der Waals surface area contributed by atoms with Crippen molar-refractivity contribution >= 4 is 28.7 Å². The molecule has 31 heavy (non-hydrogen) atoms. The van der Waals surface area contributed by atoms with Crippen molar-refractivity contribution in [1.82, 2.24) is 24.6 Å². The third-order valence-corrected chi connectivity index (χ3v) is 5.31. The molecular formula is C22H23N7O2. The Labute approximate surface area is 179 Å². The molecule has 158 valence electrons. The second kappa shape index (κ2) is 7.99. The third kappa shape index (κ3) is 3.75. The number of imidazole rings is 1. The number of aryl methyl sites for hydroxylation is 1. The molecule has 1 aromatic carbocycles. The maximum Gasteiger partial charge on any atom is 0.255 e. The van der Waals surface area contributed by atoms with Crippen LogP contribution in [0.2, 0.25) is 0 Å². The van der Waals surface area contributed by atoms with E-state index in [0.717, 1.165) is 22.4 Å². The quantitative estimate of drug-likeness (QED) is 0.439. The van der Waals surface area contributed by atoms with Gasteiger partial charge in [0.25, 0.3) is 5.91 Å². The van der Waals surface area contributed by atoms with Crippen molar-refractivity contribution in [3.05, 3.63) is 53.5 Å². The Morgan fingerprint density at radius 1 is 1.39 bits per heavy atom. The Bertz CT molecular complexity index is 1260. The van der Waals surface area contributed by atoms with Crippen LogP contribution in [0, 0.1) is 18.8 Å². The van der Waals surface area contributed by atoms with Gasteiger partial charge >= 0.3 is 0 Å². The number of benzene rings is 1. The summed E-state index contributed by atoms with van der Waals surface area (Å²) in [5.41, 5.74) is 8.70. The van der Waals surface area contributed by atoms with Gasteiger partial charge in [0.05, 0.1) is 17.1 Å². The van der Waals surface area contributed by atoms with E-state index in [-0.39, 0.29) is 17.5 Å². The van der Waals surface area contributed by atoms with Crippen LogP contribution in [0.4, 0.5) is 5.82 Å². The van der Waals surface area contributed by atoms with Crippen LogP contribution in [-0.4, -0.2) is 56.6 Å². The van der Waals surface area contributed by atoms with Crippen LogP contribution >= 0.6 is 0 Å². The molecule has 2 aromatic heterocycles. The number of nitrogens with one attached hydrogen (secondary N) is 2. The van der Waals surface area contributed by atoms with Gasteiger partial charge in [-0.2, -0.15) is 5.10 Å². The molecule has 4 rings (SSSR count). The molecule has 0 spiro atoms. The largest absolute Gasteiger partial charge is 0.373 e. The number of nitrogens with two attached hydrogens (primary N) is 1. The van der Waals surface area contributed by atoms with Gasteiger partial charge in [-0.1, -0.05) is 12.5 Å². The highest BCUT2D eigenvalue weighted by Gasteiger charge is 2.31. The summed E-state index contributed by atoms with van der Waals surface area (Å²) in [6.07, 6.45) is 2.01. The SMILES string of the molecule is C=CC(=O)N1CCC(n2nc(C#Cc3ccc4nc(C)[nH]c4c3)c(C(N)=O)c2NC)C1. The van der Waals surface area contributed by atoms with E-state index in [9.17, 15) is 9.59 Å². The normalized spacial score (nSPS) is 15.5. The number of primary amides is 1. The van der Waals surface area contributed by atoms with Gasteiger partial charge in [-0.15, -0.1) is 0 Å². The van der Waals surface area contributed by atoms with Crippen LogP contribution in [-0.2, 0) is 4.79 Å². The number of rotatable bonds is 4. The zero-order valence-electron chi connectivity index (χ0n) is 17.4. The van der Waals surface area contributed by atoms with Crippen molar-refractivity contribution in [1.29, 1.82) is 0 Å². The molecule has 9 heteroatoms. The molecular weight excluding hydrogens is 394 g/mol. The molecule has 0 bridgehead atoms. The third-order valence-electron chi connectivity index (χ3n) is 5.31. The summed E-state index contributed by atoms with van der Waals surface area (Å²) in [5, 5.41) is 7.60. The van der Waals surface area contributed by atoms with Crippen molar-refractivity contribution in [2.75, 3.05) is 25.5 Å². The molecule has 1 saturated heterocycles. The molecule has 1 fully saturated rings. The van der Waals surface area contributed by atoms with Crippen molar-refractivity contribution in [3.8, 4) is 11.8 Å². The van der Waals surface area contributed by atoms with Crippen LogP contribution < -0.4 is 11.1 Å². The first-order chi connectivity index (χ1) is 14.9. The van der Waals surface area contributed by atoms with Gasteiger partial charge < -0.3 is 20.9 Å². The fourth-order valence-electron chi connectivity index (χ4n) is 3.88. The molecule has 9 nitrogen and oxygen atoms in total. The molecule has 0 saturated carbocycles. The van der Waals surface area contributed by atoms with Gasteiger partial charge in [-0.25, -0.2) is 9.67 Å². The zero-order chi connectivity index (χ0) is 22.1. The lowest BCUT2D eigenvalue weighted by atomic mass is 10.1. The maximum atomic E-state index is 12.2. The first kappa shape index (κ1) is 20.2. The summed E-state index contributed by atoms with van der Waals surface area (Å²) in [5.74, 6) is 6.64. The number of aromatic nitrogens is 4. The van der Waals surface area contributed by atoms with Crippen LogP contribution in [0.3, 0.4) is 0 Å². The summed E-state index contributed by atoms with van der Waals surface area (Å²) in [4.78, 5) is 33.4. The minimum absolute atomic E-state index is 0.0932. The fraction of sp³-hybridized carbons (Fsp3) is 0.273. The molecule has 1 aliphatic heterocycles. The predicted octanol–water partition coefficient (Wildman–Crippen LogP) is 1.57. The highest BCUT2D eigenvalue weighted by Crippen LogP contribution is 2.29. The Morgan fingerprint density at radius 3 is 2.90 bits per heavy atom. The predicted molar refractivity (Wildman–Crippen MR) is 118 cm³/mol. The highest BCUT2D eigenvalue weighted by atomic mass is 16.2. The van der Waals surface area contributed by atoms with Gasteiger partial charge in [0, 0.05) is 25.7 Å². The second-order valence-electron chi connectivity index (χ2n) is 7.37. The lowest BCUT2D eigenvalue weighted by Gasteiger charge is -2.16. The molecule has 1 unspecified atom stereocenters. The van der Waals surface area contributed by atoms with Gasteiger partial charge in [0.15, 0.2) is 5.69 Å². The molecule has 3 aromatic rings. The number of H-pyrrole nitrogens is 1. The van der Waals surface area contributed by atoms with Crippen molar-refractivity contribution in [3.63, 3.8) is 0 Å². The summed E-state index contributed by atoms with van der Waals surface area (Å²) >= 11 is 0.